The number of ether oxygens (including phenoxy) is 1. The molecule has 3 N–H and O–H groups in total. The van der Waals surface area contributed by atoms with Crippen LogP contribution in [-0.2, 0) is 4.74 Å². The maximum Gasteiger partial charge on any atom is 0.254 e. The van der Waals surface area contributed by atoms with Gasteiger partial charge in [-0.15, -0.1) is 0 Å². The Morgan fingerprint density at radius 3 is 2.61 bits per heavy atom. The topological polar surface area (TPSA) is 75.8 Å². The number of rotatable bonds is 9. The minimum Gasteiger partial charge on any atom is -0.390 e. The molecule has 190 valence electrons. The largest absolute Gasteiger partial charge is 0.390 e. The fourth-order valence-electron chi connectivity index (χ4n) is 5.08. The predicted molar refractivity (Wildman–Crippen MR) is 140 cm³/mol. The van der Waals surface area contributed by atoms with E-state index >= 15 is 4.39 Å². The first-order valence-electron chi connectivity index (χ1n) is 12.6. The van der Waals surface area contributed by atoms with Crippen molar-refractivity contribution in [1.82, 2.24) is 4.90 Å². The number of amides is 1. The molecule has 0 aromatic heterocycles. The highest BCUT2D eigenvalue weighted by Gasteiger charge is 2.32. The van der Waals surface area contributed by atoms with Gasteiger partial charge in [-0.1, -0.05) is 60.5 Å². The first-order valence-corrected chi connectivity index (χ1v) is 12.6. The monoisotopic (exact) mass is 490 g/mol. The highest BCUT2D eigenvalue weighted by Crippen LogP contribution is 2.38. The van der Waals surface area contributed by atoms with Crippen LogP contribution < -0.4 is 5.73 Å². The Labute approximate surface area is 212 Å². The quantitative estimate of drug-likeness (QED) is 0.419. The van der Waals surface area contributed by atoms with Crippen molar-refractivity contribution in [3.63, 3.8) is 0 Å². The predicted octanol–water partition coefficient (Wildman–Crippen LogP) is 4.89. The minimum absolute atomic E-state index is 0.104. The van der Waals surface area contributed by atoms with E-state index in [1.165, 1.54) is 6.07 Å². The van der Waals surface area contributed by atoms with Crippen LogP contribution in [0.3, 0.4) is 0 Å². The molecule has 5 nitrogen and oxygen atoms in total. The van der Waals surface area contributed by atoms with Crippen LogP contribution >= 0.6 is 0 Å². The van der Waals surface area contributed by atoms with Gasteiger partial charge in [0.25, 0.3) is 5.91 Å². The smallest absolute Gasteiger partial charge is 0.254 e. The molecule has 0 bridgehead atoms. The van der Waals surface area contributed by atoms with Crippen molar-refractivity contribution in [3.05, 3.63) is 94.8 Å². The number of nitrogens with zero attached hydrogens (tertiary/aromatic N) is 1. The van der Waals surface area contributed by atoms with Gasteiger partial charge < -0.3 is 20.5 Å². The number of β-amino-alcohol motifs (C(OH)–C–C–N with tert-alkyl or cyclic N) is 1. The maximum absolute atomic E-state index is 15.4. The van der Waals surface area contributed by atoms with Gasteiger partial charge in [0.1, 0.15) is 5.82 Å². The second-order valence-electron chi connectivity index (χ2n) is 9.68. The number of carbonyl (C=O) groups is 1. The van der Waals surface area contributed by atoms with E-state index in [9.17, 15) is 9.90 Å². The van der Waals surface area contributed by atoms with Gasteiger partial charge in [-0.2, -0.15) is 0 Å². The molecule has 3 aromatic carbocycles. The summed E-state index contributed by atoms with van der Waals surface area (Å²) in [6.45, 7) is 3.22. The third-order valence-corrected chi connectivity index (χ3v) is 6.98. The SMILES string of the molecule is COCCCC[C@@H](c1cccc(C(=O)N2C[C@@H](N)[C@@H](O)C2)c1)c1cccc(F)c1-c1cccc(C)c1. The zero-order chi connectivity index (χ0) is 25.7. The number of likely N-dealkylation sites (tertiary alicyclic amines) is 1. The van der Waals surface area contributed by atoms with Gasteiger partial charge in [0.2, 0.25) is 0 Å². The lowest BCUT2D eigenvalue weighted by Crippen LogP contribution is -2.33. The molecule has 0 saturated carbocycles. The maximum atomic E-state index is 15.4. The summed E-state index contributed by atoms with van der Waals surface area (Å²) < 4.78 is 20.6. The summed E-state index contributed by atoms with van der Waals surface area (Å²) in [4.78, 5) is 14.8. The van der Waals surface area contributed by atoms with Crippen LogP contribution in [-0.4, -0.2) is 54.9 Å². The first kappa shape index (κ1) is 26.0. The van der Waals surface area contributed by atoms with Crippen LogP contribution in [0.4, 0.5) is 4.39 Å². The number of hydrogen-bond donors (Lipinski definition) is 2. The Morgan fingerprint density at radius 1 is 1.11 bits per heavy atom. The van der Waals surface area contributed by atoms with Gasteiger partial charge in [-0.25, -0.2) is 4.39 Å². The van der Waals surface area contributed by atoms with Crippen molar-refractivity contribution in [2.75, 3.05) is 26.8 Å². The summed E-state index contributed by atoms with van der Waals surface area (Å²) >= 11 is 0. The van der Waals surface area contributed by atoms with E-state index < -0.39 is 12.1 Å². The molecule has 36 heavy (non-hydrogen) atoms. The van der Waals surface area contributed by atoms with Crippen LogP contribution in [0.15, 0.2) is 66.7 Å². The van der Waals surface area contributed by atoms with E-state index in [1.807, 2.05) is 55.5 Å². The van der Waals surface area contributed by atoms with Gasteiger partial charge in [-0.3, -0.25) is 4.79 Å². The second kappa shape index (κ2) is 11.8. The molecule has 1 heterocycles. The average Bonchev–Trinajstić information content (AvgIpc) is 3.21. The Bertz CT molecular complexity index is 1190. The molecule has 0 aliphatic carbocycles. The molecule has 1 aliphatic heterocycles. The van der Waals surface area contributed by atoms with Crippen LogP contribution in [0.25, 0.3) is 11.1 Å². The van der Waals surface area contributed by atoms with Crippen molar-refractivity contribution < 1.29 is 19.0 Å². The number of unbranched alkanes of at least 4 members (excludes halogenated alkanes) is 1. The summed E-state index contributed by atoms with van der Waals surface area (Å²) in [5, 5.41) is 10.0. The molecule has 0 spiro atoms. The lowest BCUT2D eigenvalue weighted by atomic mass is 9.82. The van der Waals surface area contributed by atoms with Crippen molar-refractivity contribution in [3.8, 4) is 11.1 Å². The normalized spacial score (nSPS) is 18.4. The van der Waals surface area contributed by atoms with E-state index in [-0.39, 0.29) is 24.2 Å². The van der Waals surface area contributed by atoms with Gasteiger partial charge in [0.05, 0.1) is 6.10 Å². The molecule has 6 heteroatoms. The fraction of sp³-hybridized carbons (Fsp3) is 0.367. The number of aliphatic hydroxyl groups is 1. The Balaban J connectivity index is 1.74. The van der Waals surface area contributed by atoms with Gasteiger partial charge in [0, 0.05) is 49.9 Å². The van der Waals surface area contributed by atoms with Gasteiger partial charge in [0.15, 0.2) is 0 Å². The summed E-state index contributed by atoms with van der Waals surface area (Å²) in [6, 6.07) is 20.3. The molecule has 3 aromatic rings. The molecular formula is C30H35FN2O3. The van der Waals surface area contributed by atoms with Crippen molar-refractivity contribution >= 4 is 5.91 Å². The lowest BCUT2D eigenvalue weighted by Gasteiger charge is -2.23. The number of aliphatic hydroxyl groups excluding tert-OH is 1. The zero-order valence-corrected chi connectivity index (χ0v) is 21.0. The highest BCUT2D eigenvalue weighted by atomic mass is 19.1. The lowest BCUT2D eigenvalue weighted by molar-refractivity contribution is 0.0765. The number of hydrogen-bond acceptors (Lipinski definition) is 4. The Hall–Kier alpha value is -3.06. The first-order chi connectivity index (χ1) is 17.4. The third kappa shape index (κ3) is 5.84. The molecule has 4 rings (SSSR count). The molecule has 1 fully saturated rings. The van der Waals surface area contributed by atoms with Crippen LogP contribution in [0.2, 0.25) is 0 Å². The number of nitrogens with two attached hydrogens (primary N) is 1. The van der Waals surface area contributed by atoms with Crippen LogP contribution in [0, 0.1) is 12.7 Å². The number of methoxy groups -OCH3 is 1. The van der Waals surface area contributed by atoms with E-state index in [1.54, 1.807) is 24.1 Å². The molecule has 0 unspecified atom stereocenters. The number of benzene rings is 3. The summed E-state index contributed by atoms with van der Waals surface area (Å²) in [5.41, 5.74) is 10.8. The number of aryl methyl sites for hydroxylation is 1. The summed E-state index contributed by atoms with van der Waals surface area (Å²) in [6.07, 6.45) is 1.86. The third-order valence-electron chi connectivity index (χ3n) is 6.98. The van der Waals surface area contributed by atoms with Crippen molar-refractivity contribution in [2.45, 2.75) is 44.2 Å². The Kier molecular flexibility index (Phi) is 8.52. The summed E-state index contributed by atoms with van der Waals surface area (Å²) in [7, 11) is 1.69. The molecule has 1 aliphatic rings. The van der Waals surface area contributed by atoms with Gasteiger partial charge >= 0.3 is 0 Å². The van der Waals surface area contributed by atoms with Crippen molar-refractivity contribution in [2.24, 2.45) is 5.73 Å². The molecule has 1 saturated heterocycles. The van der Waals surface area contributed by atoms with Crippen molar-refractivity contribution in [1.29, 1.82) is 0 Å². The zero-order valence-electron chi connectivity index (χ0n) is 21.0. The molecule has 0 radical (unpaired) electrons. The minimum atomic E-state index is -0.713. The van der Waals surface area contributed by atoms with E-state index in [0.717, 1.165) is 41.5 Å². The molecule has 1 amide bonds. The van der Waals surface area contributed by atoms with Crippen LogP contribution in [0.5, 0.6) is 0 Å². The fourth-order valence-corrected chi connectivity index (χ4v) is 5.08. The van der Waals surface area contributed by atoms with Crippen LogP contribution in [0.1, 0.15) is 52.2 Å². The van der Waals surface area contributed by atoms with E-state index in [4.69, 9.17) is 10.5 Å². The summed E-state index contributed by atoms with van der Waals surface area (Å²) in [5.74, 6) is -0.514. The standard InChI is InChI=1S/C30H35FN2O3/c1-20-8-5-10-22(16-20)29-25(13-7-14-26(29)31)24(12-3-4-15-36-2)21-9-6-11-23(17-21)30(35)33-18-27(32)28(34)19-33/h5-11,13-14,16-17,24,27-28,34H,3-4,12,15,18-19,32H2,1-2H3/t24-,27+,28-/m0/s1. The average molecular weight is 491 g/mol. The Morgan fingerprint density at radius 2 is 1.89 bits per heavy atom. The highest BCUT2D eigenvalue weighted by molar-refractivity contribution is 5.94. The van der Waals surface area contributed by atoms with Gasteiger partial charge in [-0.05, 0) is 54.7 Å². The van der Waals surface area contributed by atoms with E-state index in [0.29, 0.717) is 24.3 Å². The number of carbonyl (C=O) groups excluding carboxylic acids is 1. The molecular weight excluding hydrogens is 455 g/mol. The van der Waals surface area contributed by atoms with E-state index in [2.05, 4.69) is 0 Å². The second-order valence-corrected chi connectivity index (χ2v) is 9.68. The number of halogens is 1. The molecule has 3 atom stereocenters.